The molecule has 40 heavy (non-hydrogen) atoms. The van der Waals surface area contributed by atoms with E-state index >= 15 is 0 Å². The maximum atomic E-state index is 12.7. The number of nitrogens with one attached hydrogen (secondary N) is 3. The van der Waals surface area contributed by atoms with Gasteiger partial charge in [0.15, 0.2) is 0 Å². The first-order chi connectivity index (χ1) is 18.4. The lowest BCUT2D eigenvalue weighted by Gasteiger charge is -2.28. The van der Waals surface area contributed by atoms with Crippen LogP contribution in [0.25, 0.3) is 10.9 Å². The van der Waals surface area contributed by atoms with Gasteiger partial charge in [-0.15, -0.1) is 0 Å². The number of carbonyl (C=O) groups is 2. The topological polar surface area (TPSA) is 166 Å². The van der Waals surface area contributed by atoms with E-state index in [0.29, 0.717) is 11.9 Å². The minimum absolute atomic E-state index is 0.0471. The molecule has 1 heterocycles. The molecule has 0 spiro atoms. The molecule has 5 N–H and O–H groups in total. The average molecular weight is 572 g/mol. The van der Waals surface area contributed by atoms with E-state index in [9.17, 15) is 27.9 Å². The standard InChI is InChI=1S/C29H37N3O7S/c1-28(2,3)21-13-17(14-22(26(21)35)29(4,5)6)7-10-24(33)30-11-12-32-40(38,39)18-8-9-23-19(15-18)25(34)20(16-31-23)27(36)37/h8-9,13-16,32,35H,7,10-12H2,1-6H3,(H,30,33)(H,31,34)(H,36,37). The highest BCUT2D eigenvalue weighted by atomic mass is 32.2. The Hall–Kier alpha value is -3.70. The lowest BCUT2D eigenvalue weighted by atomic mass is 9.78. The highest BCUT2D eigenvalue weighted by molar-refractivity contribution is 7.89. The zero-order chi connectivity index (χ0) is 30.0. The number of carboxylic acids is 1. The van der Waals surface area contributed by atoms with Gasteiger partial charge >= 0.3 is 5.97 Å². The maximum absolute atomic E-state index is 12.7. The van der Waals surface area contributed by atoms with E-state index in [2.05, 4.69) is 15.0 Å². The Labute approximate surface area is 233 Å². The van der Waals surface area contributed by atoms with Crippen molar-refractivity contribution in [2.24, 2.45) is 0 Å². The molecule has 10 nitrogen and oxygen atoms in total. The molecule has 0 saturated carbocycles. The zero-order valence-corrected chi connectivity index (χ0v) is 24.5. The molecule has 216 valence electrons. The molecule has 0 radical (unpaired) electrons. The third-order valence-corrected chi connectivity index (χ3v) is 8.02. The van der Waals surface area contributed by atoms with Crippen molar-refractivity contribution >= 4 is 32.8 Å². The van der Waals surface area contributed by atoms with Crippen molar-refractivity contribution in [1.82, 2.24) is 15.0 Å². The quantitative estimate of drug-likeness (QED) is 0.245. The molecule has 0 unspecified atom stereocenters. The van der Waals surface area contributed by atoms with Gasteiger partial charge in [0.1, 0.15) is 11.3 Å². The molecule has 0 aliphatic carbocycles. The number of aromatic nitrogens is 1. The van der Waals surface area contributed by atoms with Crippen molar-refractivity contribution in [1.29, 1.82) is 0 Å². The third kappa shape index (κ3) is 7.08. The van der Waals surface area contributed by atoms with E-state index in [1.807, 2.05) is 53.7 Å². The number of aryl methyl sites for hydroxylation is 1. The van der Waals surface area contributed by atoms with Gasteiger partial charge in [0.2, 0.25) is 21.4 Å². The summed E-state index contributed by atoms with van der Waals surface area (Å²) < 4.78 is 27.9. The maximum Gasteiger partial charge on any atom is 0.341 e. The monoisotopic (exact) mass is 571 g/mol. The highest BCUT2D eigenvalue weighted by Crippen LogP contribution is 2.40. The summed E-state index contributed by atoms with van der Waals surface area (Å²) in [5.74, 6) is -1.39. The smallest absolute Gasteiger partial charge is 0.341 e. The Balaban J connectivity index is 1.62. The number of fused-ring (bicyclic) bond motifs is 1. The number of benzene rings is 2. The SMILES string of the molecule is CC(C)(C)c1cc(CCC(=O)NCCNS(=O)(=O)c2ccc3[nH]cc(C(=O)O)c(=O)c3c2)cc(C(C)(C)C)c1O. The summed E-state index contributed by atoms with van der Waals surface area (Å²) in [5, 5.41) is 22.7. The second kappa shape index (κ2) is 11.4. The first-order valence-electron chi connectivity index (χ1n) is 12.9. The molecule has 2 aromatic carbocycles. The summed E-state index contributed by atoms with van der Waals surface area (Å²) in [5.41, 5.74) is 1.03. The number of hydrogen-bond acceptors (Lipinski definition) is 6. The van der Waals surface area contributed by atoms with Gasteiger partial charge in [0.25, 0.3) is 0 Å². The molecule has 0 fully saturated rings. The van der Waals surface area contributed by atoms with E-state index in [1.54, 1.807) is 0 Å². The largest absolute Gasteiger partial charge is 0.507 e. The summed E-state index contributed by atoms with van der Waals surface area (Å²) in [4.78, 5) is 38.6. The van der Waals surface area contributed by atoms with Crippen molar-refractivity contribution < 1.29 is 28.2 Å². The van der Waals surface area contributed by atoms with Crippen LogP contribution in [-0.4, -0.2) is 48.6 Å². The summed E-state index contributed by atoms with van der Waals surface area (Å²) in [6, 6.07) is 7.67. The van der Waals surface area contributed by atoms with Gasteiger partial charge in [-0.1, -0.05) is 53.7 Å². The summed E-state index contributed by atoms with van der Waals surface area (Å²) in [6.45, 7) is 12.1. The molecule has 1 aromatic heterocycles. The highest BCUT2D eigenvalue weighted by Gasteiger charge is 2.26. The van der Waals surface area contributed by atoms with Crippen molar-refractivity contribution in [2.75, 3.05) is 13.1 Å². The lowest BCUT2D eigenvalue weighted by Crippen LogP contribution is -2.34. The Morgan fingerprint density at radius 3 is 2.10 bits per heavy atom. The van der Waals surface area contributed by atoms with Crippen LogP contribution in [0.5, 0.6) is 5.75 Å². The van der Waals surface area contributed by atoms with Gasteiger partial charge in [-0.2, -0.15) is 0 Å². The minimum atomic E-state index is -4.02. The number of phenolic OH excluding ortho intramolecular Hbond substituents is 1. The number of aromatic hydroxyl groups is 1. The van der Waals surface area contributed by atoms with Crippen LogP contribution in [0.4, 0.5) is 0 Å². The first kappa shape index (κ1) is 30.8. The summed E-state index contributed by atoms with van der Waals surface area (Å²) in [6.07, 6.45) is 1.70. The molecular formula is C29H37N3O7S. The van der Waals surface area contributed by atoms with Crippen molar-refractivity contribution in [2.45, 2.75) is 70.1 Å². The van der Waals surface area contributed by atoms with Gasteiger partial charge in [0, 0.05) is 36.6 Å². The number of carbonyl (C=O) groups excluding carboxylic acids is 1. The number of amides is 1. The summed E-state index contributed by atoms with van der Waals surface area (Å²) in [7, 11) is -4.02. The molecule has 11 heteroatoms. The molecule has 0 aliphatic rings. The van der Waals surface area contributed by atoms with Crippen LogP contribution in [-0.2, 0) is 32.1 Å². The number of sulfonamides is 1. The molecule has 0 atom stereocenters. The second-order valence-electron chi connectivity index (χ2n) is 11.8. The van der Waals surface area contributed by atoms with Crippen LogP contribution < -0.4 is 15.5 Å². The molecule has 3 aromatic rings. The predicted molar refractivity (Wildman–Crippen MR) is 154 cm³/mol. The van der Waals surface area contributed by atoms with Crippen molar-refractivity contribution in [3.05, 3.63) is 69.0 Å². The van der Waals surface area contributed by atoms with Gasteiger partial charge in [-0.25, -0.2) is 17.9 Å². The molecule has 0 saturated heterocycles. The Morgan fingerprint density at radius 1 is 0.950 bits per heavy atom. The van der Waals surface area contributed by atoms with E-state index < -0.39 is 27.0 Å². The number of pyridine rings is 1. The second-order valence-corrected chi connectivity index (χ2v) is 13.6. The fourth-order valence-corrected chi connectivity index (χ4v) is 5.38. The number of phenols is 1. The van der Waals surface area contributed by atoms with Crippen LogP contribution in [0, 0.1) is 0 Å². The van der Waals surface area contributed by atoms with Crippen LogP contribution in [0.3, 0.4) is 0 Å². The number of H-pyrrole nitrogens is 1. The van der Waals surface area contributed by atoms with Crippen LogP contribution in [0.15, 0.2) is 46.2 Å². The Morgan fingerprint density at radius 2 is 1.55 bits per heavy atom. The van der Waals surface area contributed by atoms with Gasteiger partial charge in [-0.3, -0.25) is 9.59 Å². The average Bonchev–Trinajstić information content (AvgIpc) is 2.84. The van der Waals surface area contributed by atoms with E-state index in [0.717, 1.165) is 29.0 Å². The van der Waals surface area contributed by atoms with E-state index in [4.69, 9.17) is 5.11 Å². The lowest BCUT2D eigenvalue weighted by molar-refractivity contribution is -0.121. The zero-order valence-electron chi connectivity index (χ0n) is 23.6. The molecule has 0 aliphatic heterocycles. The Bertz CT molecular complexity index is 1580. The van der Waals surface area contributed by atoms with E-state index in [-0.39, 0.29) is 52.3 Å². The molecule has 0 bridgehead atoms. The van der Waals surface area contributed by atoms with Crippen molar-refractivity contribution in [3.63, 3.8) is 0 Å². The number of hydrogen-bond donors (Lipinski definition) is 5. The number of aromatic amines is 1. The van der Waals surface area contributed by atoms with Gasteiger partial charge < -0.3 is 20.5 Å². The number of carboxylic acid groups (broad SMARTS) is 1. The Kier molecular flexibility index (Phi) is 8.80. The van der Waals surface area contributed by atoms with Crippen molar-refractivity contribution in [3.8, 4) is 5.75 Å². The molecule has 1 amide bonds. The number of aromatic carboxylic acids is 1. The third-order valence-electron chi connectivity index (χ3n) is 6.56. The minimum Gasteiger partial charge on any atom is -0.507 e. The fourth-order valence-electron chi connectivity index (χ4n) is 4.32. The normalized spacial score (nSPS) is 12.4. The molecular weight excluding hydrogens is 534 g/mol. The van der Waals surface area contributed by atoms with Gasteiger partial charge in [-0.05, 0) is 52.1 Å². The predicted octanol–water partition coefficient (Wildman–Crippen LogP) is 3.55. The fraction of sp³-hybridized carbons (Fsp3) is 0.414. The van der Waals surface area contributed by atoms with Crippen LogP contribution in [0.1, 0.15) is 75.0 Å². The molecule has 3 rings (SSSR count). The van der Waals surface area contributed by atoms with Crippen LogP contribution >= 0.6 is 0 Å². The van der Waals surface area contributed by atoms with E-state index in [1.165, 1.54) is 12.1 Å². The summed E-state index contributed by atoms with van der Waals surface area (Å²) >= 11 is 0. The van der Waals surface area contributed by atoms with Crippen LogP contribution in [0.2, 0.25) is 0 Å². The first-order valence-corrected chi connectivity index (χ1v) is 14.4. The van der Waals surface area contributed by atoms with Gasteiger partial charge in [0.05, 0.1) is 4.90 Å². The number of rotatable bonds is 9.